The highest BCUT2D eigenvalue weighted by molar-refractivity contribution is 7.15. The molecular formula is C15H22N4S. The van der Waals surface area contributed by atoms with Crippen LogP contribution in [0.25, 0.3) is 0 Å². The molecule has 0 aliphatic heterocycles. The second-order valence-electron chi connectivity index (χ2n) is 4.74. The molecular weight excluding hydrogens is 268 g/mol. The van der Waals surface area contributed by atoms with Gasteiger partial charge < -0.3 is 5.32 Å². The van der Waals surface area contributed by atoms with Crippen molar-refractivity contribution in [3.8, 4) is 0 Å². The van der Waals surface area contributed by atoms with Gasteiger partial charge >= 0.3 is 0 Å². The SMILES string of the molecule is CCNc1ncc(CN(CC)Cc2cccc(C)n2)s1. The molecule has 5 heteroatoms. The molecule has 2 rings (SSSR count). The summed E-state index contributed by atoms with van der Waals surface area (Å²) in [6, 6.07) is 6.19. The number of pyridine rings is 1. The first kappa shape index (κ1) is 14.9. The zero-order valence-corrected chi connectivity index (χ0v) is 13.2. The number of aryl methyl sites for hydroxylation is 1. The van der Waals surface area contributed by atoms with Gasteiger partial charge in [0.1, 0.15) is 0 Å². The fourth-order valence-electron chi connectivity index (χ4n) is 2.03. The quantitative estimate of drug-likeness (QED) is 0.849. The number of anilines is 1. The number of hydrogen-bond donors (Lipinski definition) is 1. The van der Waals surface area contributed by atoms with E-state index in [4.69, 9.17) is 0 Å². The van der Waals surface area contributed by atoms with Gasteiger partial charge in [-0.25, -0.2) is 4.98 Å². The summed E-state index contributed by atoms with van der Waals surface area (Å²) in [4.78, 5) is 12.6. The van der Waals surface area contributed by atoms with Crippen LogP contribution in [0, 0.1) is 6.92 Å². The minimum absolute atomic E-state index is 0.882. The van der Waals surface area contributed by atoms with Crippen molar-refractivity contribution >= 4 is 16.5 Å². The van der Waals surface area contributed by atoms with Gasteiger partial charge in [0, 0.05) is 36.4 Å². The van der Waals surface area contributed by atoms with Crippen LogP contribution in [0.1, 0.15) is 30.1 Å². The van der Waals surface area contributed by atoms with Crippen LogP contribution in [-0.2, 0) is 13.1 Å². The van der Waals surface area contributed by atoms with E-state index in [1.165, 1.54) is 4.88 Å². The van der Waals surface area contributed by atoms with E-state index < -0.39 is 0 Å². The Labute approximate surface area is 124 Å². The first-order valence-corrected chi connectivity index (χ1v) is 7.86. The van der Waals surface area contributed by atoms with E-state index in [1.54, 1.807) is 11.3 Å². The Morgan fingerprint density at radius 3 is 2.80 bits per heavy atom. The van der Waals surface area contributed by atoms with Crippen LogP contribution in [0.3, 0.4) is 0 Å². The summed E-state index contributed by atoms with van der Waals surface area (Å²) in [5.74, 6) is 0. The first-order valence-electron chi connectivity index (χ1n) is 7.04. The molecule has 2 aromatic rings. The molecule has 0 aliphatic rings. The van der Waals surface area contributed by atoms with Crippen LogP contribution in [-0.4, -0.2) is 28.0 Å². The van der Waals surface area contributed by atoms with Crippen molar-refractivity contribution in [2.45, 2.75) is 33.9 Å². The fraction of sp³-hybridized carbons (Fsp3) is 0.467. The second-order valence-corrected chi connectivity index (χ2v) is 5.85. The molecule has 2 aromatic heterocycles. The van der Waals surface area contributed by atoms with Crippen molar-refractivity contribution in [2.75, 3.05) is 18.4 Å². The number of thiazole rings is 1. The van der Waals surface area contributed by atoms with E-state index in [-0.39, 0.29) is 0 Å². The average molecular weight is 290 g/mol. The maximum Gasteiger partial charge on any atom is 0.182 e. The van der Waals surface area contributed by atoms with Crippen molar-refractivity contribution in [3.63, 3.8) is 0 Å². The predicted octanol–water partition coefficient (Wildman–Crippen LogP) is 3.30. The molecule has 20 heavy (non-hydrogen) atoms. The lowest BCUT2D eigenvalue weighted by atomic mass is 10.3. The molecule has 0 aliphatic carbocycles. The highest BCUT2D eigenvalue weighted by Crippen LogP contribution is 2.20. The Hall–Kier alpha value is -1.46. The van der Waals surface area contributed by atoms with Gasteiger partial charge in [-0.2, -0.15) is 0 Å². The standard InChI is InChI=1S/C15H22N4S/c1-4-16-15-17-9-14(20-15)11-19(5-2)10-13-8-6-7-12(3)18-13/h6-9H,4-5,10-11H2,1-3H3,(H,16,17). The molecule has 4 nitrogen and oxygen atoms in total. The number of hydrogen-bond acceptors (Lipinski definition) is 5. The van der Waals surface area contributed by atoms with E-state index in [2.05, 4.69) is 46.2 Å². The predicted molar refractivity (Wildman–Crippen MR) is 85.0 cm³/mol. The number of aromatic nitrogens is 2. The van der Waals surface area contributed by atoms with Gasteiger partial charge in [-0.05, 0) is 32.5 Å². The second kappa shape index (κ2) is 7.36. The van der Waals surface area contributed by atoms with Crippen molar-refractivity contribution in [1.82, 2.24) is 14.9 Å². The van der Waals surface area contributed by atoms with Gasteiger partial charge in [-0.15, -0.1) is 11.3 Å². The van der Waals surface area contributed by atoms with Crippen molar-refractivity contribution in [2.24, 2.45) is 0 Å². The number of nitrogens with one attached hydrogen (secondary N) is 1. The van der Waals surface area contributed by atoms with Crippen LogP contribution >= 0.6 is 11.3 Å². The van der Waals surface area contributed by atoms with Gasteiger partial charge in [0.25, 0.3) is 0 Å². The van der Waals surface area contributed by atoms with E-state index in [9.17, 15) is 0 Å². The summed E-state index contributed by atoms with van der Waals surface area (Å²) in [6.45, 7) is 10.0. The minimum atomic E-state index is 0.882. The Kier molecular flexibility index (Phi) is 5.49. The minimum Gasteiger partial charge on any atom is -0.362 e. The lowest BCUT2D eigenvalue weighted by molar-refractivity contribution is 0.270. The topological polar surface area (TPSA) is 41.1 Å². The molecule has 0 fully saturated rings. The third kappa shape index (κ3) is 4.28. The molecule has 0 aromatic carbocycles. The third-order valence-corrected chi connectivity index (χ3v) is 3.98. The Morgan fingerprint density at radius 2 is 2.10 bits per heavy atom. The Bertz CT molecular complexity index is 538. The monoisotopic (exact) mass is 290 g/mol. The summed E-state index contributed by atoms with van der Waals surface area (Å²) in [5, 5.41) is 4.26. The lowest BCUT2D eigenvalue weighted by Crippen LogP contribution is -2.22. The van der Waals surface area contributed by atoms with E-state index >= 15 is 0 Å². The fourth-order valence-corrected chi connectivity index (χ4v) is 2.95. The molecule has 0 saturated carbocycles. The van der Waals surface area contributed by atoms with Crippen molar-refractivity contribution < 1.29 is 0 Å². The first-order chi connectivity index (χ1) is 9.71. The largest absolute Gasteiger partial charge is 0.362 e. The molecule has 0 amide bonds. The molecule has 2 heterocycles. The van der Waals surface area contributed by atoms with Gasteiger partial charge in [-0.3, -0.25) is 9.88 Å². The zero-order valence-electron chi connectivity index (χ0n) is 12.4. The number of nitrogens with zero attached hydrogens (tertiary/aromatic N) is 3. The van der Waals surface area contributed by atoms with Crippen LogP contribution < -0.4 is 5.32 Å². The maximum atomic E-state index is 4.57. The van der Waals surface area contributed by atoms with Crippen LogP contribution in [0.4, 0.5) is 5.13 Å². The Morgan fingerprint density at radius 1 is 1.25 bits per heavy atom. The third-order valence-electron chi connectivity index (χ3n) is 3.04. The smallest absolute Gasteiger partial charge is 0.182 e. The molecule has 0 bridgehead atoms. The molecule has 0 unspecified atom stereocenters. The van der Waals surface area contributed by atoms with Crippen LogP contribution in [0.2, 0.25) is 0 Å². The summed E-state index contributed by atoms with van der Waals surface area (Å²) < 4.78 is 0. The van der Waals surface area contributed by atoms with Gasteiger partial charge in [-0.1, -0.05) is 13.0 Å². The zero-order chi connectivity index (χ0) is 14.4. The van der Waals surface area contributed by atoms with E-state index in [0.717, 1.165) is 42.7 Å². The molecule has 1 N–H and O–H groups in total. The molecule has 0 atom stereocenters. The summed E-state index contributed by atoms with van der Waals surface area (Å²) in [5.41, 5.74) is 2.20. The van der Waals surface area contributed by atoms with Gasteiger partial charge in [0.2, 0.25) is 0 Å². The molecule has 0 spiro atoms. The van der Waals surface area contributed by atoms with E-state index in [1.807, 2.05) is 19.2 Å². The summed E-state index contributed by atoms with van der Waals surface area (Å²) in [7, 11) is 0. The van der Waals surface area contributed by atoms with E-state index in [0.29, 0.717) is 0 Å². The van der Waals surface area contributed by atoms with Crippen LogP contribution in [0.15, 0.2) is 24.4 Å². The van der Waals surface area contributed by atoms with Crippen molar-refractivity contribution in [3.05, 3.63) is 40.7 Å². The number of rotatable bonds is 7. The Balaban J connectivity index is 1.97. The molecule has 108 valence electrons. The summed E-state index contributed by atoms with van der Waals surface area (Å²) >= 11 is 1.73. The average Bonchev–Trinajstić information content (AvgIpc) is 2.86. The highest BCUT2D eigenvalue weighted by Gasteiger charge is 2.08. The maximum absolute atomic E-state index is 4.57. The highest BCUT2D eigenvalue weighted by atomic mass is 32.1. The lowest BCUT2D eigenvalue weighted by Gasteiger charge is -2.19. The van der Waals surface area contributed by atoms with Crippen LogP contribution in [0.5, 0.6) is 0 Å². The molecule has 0 radical (unpaired) electrons. The van der Waals surface area contributed by atoms with Gasteiger partial charge in [0.15, 0.2) is 5.13 Å². The summed E-state index contributed by atoms with van der Waals surface area (Å²) in [6.07, 6.45) is 1.97. The molecule has 0 saturated heterocycles. The van der Waals surface area contributed by atoms with Gasteiger partial charge in [0.05, 0.1) is 5.69 Å². The van der Waals surface area contributed by atoms with Crippen molar-refractivity contribution in [1.29, 1.82) is 0 Å². The normalized spacial score (nSPS) is 11.0.